The van der Waals surface area contributed by atoms with Crippen LogP contribution in [0.25, 0.3) is 6.08 Å². The van der Waals surface area contributed by atoms with Gasteiger partial charge in [0.25, 0.3) is 0 Å². The third-order valence-electron chi connectivity index (χ3n) is 4.40. The number of carbonyl (C=O) groups is 1. The van der Waals surface area contributed by atoms with Gasteiger partial charge in [0.2, 0.25) is 0 Å². The smallest absolute Gasteiger partial charge is 0.135 e. The molecule has 0 aromatic heterocycles. The van der Waals surface area contributed by atoms with E-state index < -0.39 is 0 Å². The number of ether oxygens (including phenoxy) is 1. The molecule has 1 aromatic rings. The number of nitrogens with zero attached hydrogens (tertiary/aromatic N) is 1. The highest BCUT2D eigenvalue weighted by atomic mass is 16.5. The van der Waals surface area contributed by atoms with E-state index in [1.54, 1.807) is 7.11 Å². The molecular formula is C26H41NO2. The predicted molar refractivity (Wildman–Crippen MR) is 128 cm³/mol. The molecule has 3 heteroatoms. The molecule has 162 valence electrons. The number of carbonyl (C=O) groups excluding carboxylic acids is 1. The lowest BCUT2D eigenvalue weighted by molar-refractivity contribution is -0.123. The number of benzene rings is 1. The summed E-state index contributed by atoms with van der Waals surface area (Å²) >= 11 is 0. The highest BCUT2D eigenvalue weighted by Gasteiger charge is 2.13. The van der Waals surface area contributed by atoms with Crippen LogP contribution in [-0.2, 0) is 4.79 Å². The van der Waals surface area contributed by atoms with Gasteiger partial charge in [-0.3, -0.25) is 9.79 Å². The Balaban J connectivity index is 0.000000512. The minimum Gasteiger partial charge on any atom is -0.497 e. The first-order valence-corrected chi connectivity index (χ1v) is 10.7. The molecule has 2 rings (SSSR count). The maximum absolute atomic E-state index is 11.0. The Morgan fingerprint density at radius 2 is 1.83 bits per heavy atom. The highest BCUT2D eigenvalue weighted by molar-refractivity contribution is 5.92. The van der Waals surface area contributed by atoms with Gasteiger partial charge in [0.1, 0.15) is 11.5 Å². The standard InChI is InChI=1S/C14H15NO.C8H16O.C4H10/c1-3-5-12-7-4-6-11-10-13(16-2)8-9-14(11)15-12;1-5-8(9)7(4)6(2)3;1-4(2)3/h3-4,6,8-10H,1,5,7H2,2H3;6-7H,5H2,1-4H3;4H,1-3H3/t;7-;/m.0./s1. The summed E-state index contributed by atoms with van der Waals surface area (Å²) in [6.07, 6.45) is 8.53. The molecule has 1 aromatic carbocycles. The van der Waals surface area contributed by atoms with Gasteiger partial charge in [0, 0.05) is 36.5 Å². The van der Waals surface area contributed by atoms with E-state index in [0.717, 1.165) is 41.5 Å². The number of Topliss-reactive ketones (excluding diaryl/α,β-unsaturated/α-hetero) is 1. The average molecular weight is 400 g/mol. The molecule has 0 aliphatic carbocycles. The van der Waals surface area contributed by atoms with Crippen molar-refractivity contribution in [2.24, 2.45) is 22.7 Å². The summed E-state index contributed by atoms with van der Waals surface area (Å²) in [6, 6.07) is 5.94. The Bertz CT molecular complexity index is 681. The SMILES string of the molecule is C=CCC1=Nc2ccc(OC)cc2C=CC1.CC(C)C.CCC(=O)[C@@H](C)C(C)C. The van der Waals surface area contributed by atoms with E-state index >= 15 is 0 Å². The lowest BCUT2D eigenvalue weighted by Gasteiger charge is -2.11. The lowest BCUT2D eigenvalue weighted by atomic mass is 9.92. The molecule has 0 amide bonds. The van der Waals surface area contributed by atoms with Gasteiger partial charge in [0.05, 0.1) is 12.8 Å². The van der Waals surface area contributed by atoms with Crippen molar-refractivity contribution in [1.82, 2.24) is 0 Å². The van der Waals surface area contributed by atoms with Crippen molar-refractivity contribution >= 4 is 23.3 Å². The van der Waals surface area contributed by atoms with Crippen molar-refractivity contribution in [2.75, 3.05) is 7.11 Å². The number of ketones is 1. The summed E-state index contributed by atoms with van der Waals surface area (Å²) in [7, 11) is 1.68. The van der Waals surface area contributed by atoms with Crippen LogP contribution in [-0.4, -0.2) is 18.6 Å². The maximum Gasteiger partial charge on any atom is 0.135 e. The van der Waals surface area contributed by atoms with E-state index in [2.05, 4.69) is 58.3 Å². The summed E-state index contributed by atoms with van der Waals surface area (Å²) < 4.78 is 5.20. The largest absolute Gasteiger partial charge is 0.497 e. The minimum atomic E-state index is 0.245. The fourth-order valence-corrected chi connectivity index (χ4v) is 2.42. The monoisotopic (exact) mass is 399 g/mol. The molecule has 0 saturated carbocycles. The quantitative estimate of drug-likeness (QED) is 0.460. The van der Waals surface area contributed by atoms with Gasteiger partial charge in [-0.15, -0.1) is 6.58 Å². The van der Waals surface area contributed by atoms with Crippen LogP contribution < -0.4 is 4.74 Å². The molecule has 0 bridgehead atoms. The van der Waals surface area contributed by atoms with Gasteiger partial charge in [0.15, 0.2) is 0 Å². The van der Waals surface area contributed by atoms with Gasteiger partial charge in [-0.05, 0) is 30.0 Å². The van der Waals surface area contributed by atoms with Gasteiger partial charge < -0.3 is 4.74 Å². The van der Waals surface area contributed by atoms with Crippen molar-refractivity contribution in [3.05, 3.63) is 42.5 Å². The van der Waals surface area contributed by atoms with E-state index in [-0.39, 0.29) is 5.92 Å². The zero-order valence-corrected chi connectivity index (χ0v) is 19.8. The number of methoxy groups -OCH3 is 1. The summed E-state index contributed by atoms with van der Waals surface area (Å²) in [6.45, 7) is 18.3. The second-order valence-electron chi connectivity index (χ2n) is 8.29. The van der Waals surface area contributed by atoms with Crippen LogP contribution in [0.2, 0.25) is 0 Å². The fraction of sp³-hybridized carbons (Fsp3) is 0.538. The molecule has 1 aliphatic rings. The van der Waals surface area contributed by atoms with Crippen LogP contribution in [0, 0.1) is 17.8 Å². The number of rotatable bonds is 6. The Morgan fingerprint density at radius 1 is 1.21 bits per heavy atom. The summed E-state index contributed by atoms with van der Waals surface area (Å²) in [5, 5.41) is 0. The Morgan fingerprint density at radius 3 is 2.28 bits per heavy atom. The minimum absolute atomic E-state index is 0.245. The maximum atomic E-state index is 11.0. The van der Waals surface area contributed by atoms with E-state index in [1.165, 1.54) is 0 Å². The van der Waals surface area contributed by atoms with Gasteiger partial charge in [-0.2, -0.15) is 0 Å². The molecule has 0 spiro atoms. The summed E-state index contributed by atoms with van der Waals surface area (Å²) in [5.41, 5.74) is 3.26. The molecule has 29 heavy (non-hydrogen) atoms. The van der Waals surface area contributed by atoms with Crippen LogP contribution in [0.4, 0.5) is 5.69 Å². The molecule has 1 heterocycles. The third kappa shape index (κ3) is 11.4. The van der Waals surface area contributed by atoms with E-state index in [0.29, 0.717) is 18.1 Å². The molecule has 0 radical (unpaired) electrons. The van der Waals surface area contributed by atoms with Crippen molar-refractivity contribution in [3.63, 3.8) is 0 Å². The molecular weight excluding hydrogens is 358 g/mol. The van der Waals surface area contributed by atoms with Crippen LogP contribution in [0.5, 0.6) is 5.75 Å². The highest BCUT2D eigenvalue weighted by Crippen LogP contribution is 2.28. The topological polar surface area (TPSA) is 38.7 Å². The molecule has 0 unspecified atom stereocenters. The fourth-order valence-electron chi connectivity index (χ4n) is 2.42. The number of hydrogen-bond acceptors (Lipinski definition) is 3. The molecule has 1 aliphatic heterocycles. The van der Waals surface area contributed by atoms with Crippen LogP contribution in [0.15, 0.2) is 41.9 Å². The second kappa shape index (κ2) is 14.8. The van der Waals surface area contributed by atoms with Crippen molar-refractivity contribution in [3.8, 4) is 5.75 Å². The zero-order valence-electron chi connectivity index (χ0n) is 19.8. The van der Waals surface area contributed by atoms with Crippen molar-refractivity contribution in [2.45, 2.75) is 67.7 Å². The number of fused-ring (bicyclic) bond motifs is 1. The average Bonchev–Trinajstić information content (AvgIpc) is 2.88. The van der Waals surface area contributed by atoms with Gasteiger partial charge in [-0.25, -0.2) is 0 Å². The van der Waals surface area contributed by atoms with Crippen molar-refractivity contribution < 1.29 is 9.53 Å². The number of aliphatic imine (C=N–C) groups is 1. The lowest BCUT2D eigenvalue weighted by Crippen LogP contribution is -2.15. The van der Waals surface area contributed by atoms with Crippen LogP contribution in [0.1, 0.15) is 73.3 Å². The number of allylic oxidation sites excluding steroid dienone is 2. The molecule has 0 fully saturated rings. The Hall–Kier alpha value is -2.16. The molecule has 0 N–H and O–H groups in total. The molecule has 3 nitrogen and oxygen atoms in total. The Kier molecular flexibility index (Phi) is 13.7. The summed E-state index contributed by atoms with van der Waals surface area (Å²) in [5.74, 6) is 2.82. The summed E-state index contributed by atoms with van der Waals surface area (Å²) in [4.78, 5) is 15.6. The van der Waals surface area contributed by atoms with E-state index in [4.69, 9.17) is 4.74 Å². The van der Waals surface area contributed by atoms with E-state index in [1.807, 2.05) is 38.1 Å². The first-order chi connectivity index (χ1) is 13.7. The number of hydrogen-bond donors (Lipinski definition) is 0. The Labute approximate surface area is 179 Å². The van der Waals surface area contributed by atoms with Crippen molar-refractivity contribution in [1.29, 1.82) is 0 Å². The molecule has 1 atom stereocenters. The second-order valence-corrected chi connectivity index (χ2v) is 8.29. The van der Waals surface area contributed by atoms with Gasteiger partial charge >= 0.3 is 0 Å². The van der Waals surface area contributed by atoms with E-state index in [9.17, 15) is 4.79 Å². The van der Waals surface area contributed by atoms with Gasteiger partial charge in [-0.1, -0.05) is 66.7 Å². The first kappa shape index (κ1) is 26.8. The first-order valence-electron chi connectivity index (χ1n) is 10.7. The normalized spacial score (nSPS) is 13.1. The third-order valence-corrected chi connectivity index (χ3v) is 4.40. The molecule has 0 saturated heterocycles. The predicted octanol–water partition coefficient (Wildman–Crippen LogP) is 7.68. The zero-order chi connectivity index (χ0) is 22.4. The van der Waals surface area contributed by atoms with Crippen LogP contribution >= 0.6 is 0 Å². The van der Waals surface area contributed by atoms with Crippen LogP contribution in [0.3, 0.4) is 0 Å².